The smallest absolute Gasteiger partial charge is 0.360 e. The van der Waals surface area contributed by atoms with Gasteiger partial charge in [-0.1, -0.05) is 41.4 Å². The third-order valence-corrected chi connectivity index (χ3v) is 6.91. The molecule has 1 atom stereocenters. The van der Waals surface area contributed by atoms with Crippen molar-refractivity contribution in [3.05, 3.63) is 64.7 Å². The first-order valence-corrected chi connectivity index (χ1v) is 10.3. The van der Waals surface area contributed by atoms with Gasteiger partial charge in [0.25, 0.3) is 0 Å². The average molecular weight is 382 g/mol. The van der Waals surface area contributed by atoms with Crippen LogP contribution in [0, 0.1) is 6.92 Å². The molecule has 0 saturated heterocycles. The number of anilines is 1. The van der Waals surface area contributed by atoms with Gasteiger partial charge in [-0.3, -0.25) is 4.57 Å². The molecule has 0 radical (unpaired) electrons. The molecule has 136 valence electrons. The molecule has 0 fully saturated rings. The standard InChI is InChI=1S/C19H25ClNO3P/c1-5-23-25(22,24-6-2)19(4,16-9-11-17(20)12-10-16)21-18-13-7-15(3)8-14-18/h7-14,21H,5-6H2,1-4H3. The summed E-state index contributed by atoms with van der Waals surface area (Å²) in [6, 6.07) is 15.1. The van der Waals surface area contributed by atoms with Crippen molar-refractivity contribution in [2.24, 2.45) is 0 Å². The van der Waals surface area contributed by atoms with Crippen LogP contribution in [0.2, 0.25) is 5.02 Å². The van der Waals surface area contributed by atoms with Crippen LogP contribution in [0.3, 0.4) is 0 Å². The Morgan fingerprint density at radius 2 is 1.52 bits per heavy atom. The summed E-state index contributed by atoms with van der Waals surface area (Å²) in [6.45, 7) is 8.04. The highest BCUT2D eigenvalue weighted by molar-refractivity contribution is 7.55. The molecule has 0 bridgehead atoms. The summed E-state index contributed by atoms with van der Waals surface area (Å²) in [6.07, 6.45) is 0. The highest BCUT2D eigenvalue weighted by Crippen LogP contribution is 2.64. The molecule has 4 nitrogen and oxygen atoms in total. The van der Waals surface area contributed by atoms with Gasteiger partial charge in [-0.25, -0.2) is 0 Å². The van der Waals surface area contributed by atoms with Crippen LogP contribution in [-0.4, -0.2) is 13.2 Å². The van der Waals surface area contributed by atoms with E-state index < -0.39 is 12.9 Å². The number of hydrogen-bond donors (Lipinski definition) is 1. The SMILES string of the molecule is CCOP(=O)(OCC)C(C)(Nc1ccc(C)cc1)c1ccc(Cl)cc1. The Balaban J connectivity index is 2.54. The van der Waals surface area contributed by atoms with E-state index in [2.05, 4.69) is 5.32 Å². The molecule has 2 aromatic rings. The van der Waals surface area contributed by atoms with Crippen LogP contribution < -0.4 is 5.32 Å². The molecule has 2 aromatic carbocycles. The quantitative estimate of drug-likeness (QED) is 0.553. The van der Waals surface area contributed by atoms with Gasteiger partial charge in [0.05, 0.1) is 13.2 Å². The highest BCUT2D eigenvalue weighted by atomic mass is 35.5. The lowest BCUT2D eigenvalue weighted by Crippen LogP contribution is -2.33. The summed E-state index contributed by atoms with van der Waals surface area (Å²) in [5.74, 6) is 0. The molecular weight excluding hydrogens is 357 g/mol. The van der Waals surface area contributed by atoms with Crippen molar-refractivity contribution in [1.29, 1.82) is 0 Å². The van der Waals surface area contributed by atoms with E-state index in [1.54, 1.807) is 26.0 Å². The Morgan fingerprint density at radius 3 is 2.00 bits per heavy atom. The predicted molar refractivity (Wildman–Crippen MR) is 104 cm³/mol. The lowest BCUT2D eigenvalue weighted by Gasteiger charge is -2.37. The first-order chi connectivity index (χ1) is 11.8. The van der Waals surface area contributed by atoms with E-state index >= 15 is 0 Å². The molecule has 0 aliphatic heterocycles. The van der Waals surface area contributed by atoms with Crippen molar-refractivity contribution in [3.63, 3.8) is 0 Å². The van der Waals surface area contributed by atoms with Gasteiger partial charge in [-0.05, 0) is 57.5 Å². The van der Waals surface area contributed by atoms with Crippen LogP contribution in [0.15, 0.2) is 48.5 Å². The van der Waals surface area contributed by atoms with E-state index in [9.17, 15) is 4.57 Å². The summed E-state index contributed by atoms with van der Waals surface area (Å²) in [5.41, 5.74) is 2.77. The fourth-order valence-electron chi connectivity index (χ4n) is 2.63. The van der Waals surface area contributed by atoms with Crippen molar-refractivity contribution >= 4 is 24.9 Å². The maximum Gasteiger partial charge on any atom is 0.360 e. The van der Waals surface area contributed by atoms with Gasteiger partial charge in [-0.2, -0.15) is 0 Å². The van der Waals surface area contributed by atoms with Gasteiger partial charge in [0.15, 0.2) is 5.28 Å². The zero-order chi connectivity index (χ0) is 18.5. The molecule has 1 N–H and O–H groups in total. The van der Waals surface area contributed by atoms with E-state index in [0.29, 0.717) is 5.02 Å². The molecule has 25 heavy (non-hydrogen) atoms. The molecular formula is C19H25ClNO3P. The zero-order valence-corrected chi connectivity index (χ0v) is 16.7. The van der Waals surface area contributed by atoms with E-state index in [0.717, 1.165) is 16.8 Å². The second-order valence-corrected chi connectivity index (χ2v) is 8.75. The van der Waals surface area contributed by atoms with Crippen molar-refractivity contribution in [3.8, 4) is 0 Å². The number of nitrogens with one attached hydrogen (secondary N) is 1. The van der Waals surface area contributed by atoms with E-state index in [1.165, 1.54) is 0 Å². The Kier molecular flexibility index (Phi) is 6.70. The van der Waals surface area contributed by atoms with Crippen LogP contribution in [0.4, 0.5) is 5.69 Å². The van der Waals surface area contributed by atoms with Crippen LogP contribution >= 0.6 is 19.2 Å². The average Bonchev–Trinajstić information content (AvgIpc) is 2.58. The van der Waals surface area contributed by atoms with Crippen molar-refractivity contribution in [1.82, 2.24) is 0 Å². The second kappa shape index (κ2) is 8.37. The third-order valence-electron chi connectivity index (χ3n) is 3.99. The number of benzene rings is 2. The van der Waals surface area contributed by atoms with Crippen LogP contribution in [-0.2, 0) is 18.9 Å². The van der Waals surface area contributed by atoms with Gasteiger partial charge in [-0.15, -0.1) is 0 Å². The first kappa shape index (κ1) is 20.0. The molecule has 1 unspecified atom stereocenters. The maximum absolute atomic E-state index is 13.7. The van der Waals surface area contributed by atoms with E-state index in [4.69, 9.17) is 20.6 Å². The van der Waals surface area contributed by atoms with Gasteiger partial charge in [0.2, 0.25) is 0 Å². The number of aryl methyl sites for hydroxylation is 1. The van der Waals surface area contributed by atoms with Gasteiger partial charge in [0, 0.05) is 10.7 Å². The number of halogens is 1. The first-order valence-electron chi connectivity index (χ1n) is 8.34. The van der Waals surface area contributed by atoms with E-state index in [-0.39, 0.29) is 13.2 Å². The minimum absolute atomic E-state index is 0.288. The van der Waals surface area contributed by atoms with Gasteiger partial charge < -0.3 is 14.4 Å². The van der Waals surface area contributed by atoms with E-state index in [1.807, 2.05) is 50.2 Å². The predicted octanol–water partition coefficient (Wildman–Crippen LogP) is 6.20. The third kappa shape index (κ3) is 4.45. The largest absolute Gasteiger partial charge is 0.366 e. The molecule has 2 rings (SSSR count). The highest BCUT2D eigenvalue weighted by Gasteiger charge is 2.48. The van der Waals surface area contributed by atoms with Crippen LogP contribution in [0.5, 0.6) is 0 Å². The molecule has 6 heteroatoms. The Hall–Kier alpha value is -1.32. The maximum atomic E-state index is 13.7. The summed E-state index contributed by atoms with van der Waals surface area (Å²) in [5, 5.41) is 2.93. The van der Waals surface area contributed by atoms with Crippen LogP contribution in [0.1, 0.15) is 31.9 Å². The minimum Gasteiger partial charge on any atom is -0.366 e. The summed E-state index contributed by atoms with van der Waals surface area (Å²) < 4.78 is 25.0. The normalized spacial score (nSPS) is 14.1. The number of rotatable bonds is 8. The molecule has 0 saturated carbocycles. The minimum atomic E-state index is -3.51. The fraction of sp³-hybridized carbons (Fsp3) is 0.368. The summed E-state index contributed by atoms with van der Waals surface area (Å²) in [7, 11) is -3.51. The molecule has 0 aliphatic rings. The Morgan fingerprint density at radius 1 is 1.00 bits per heavy atom. The Bertz CT molecular complexity index is 723. The fourth-order valence-corrected chi connectivity index (χ4v) is 4.75. The number of hydrogen-bond acceptors (Lipinski definition) is 4. The van der Waals surface area contributed by atoms with Crippen molar-refractivity contribution < 1.29 is 13.6 Å². The molecule has 0 aromatic heterocycles. The summed E-state index contributed by atoms with van der Waals surface area (Å²) in [4.78, 5) is 0. The lowest BCUT2D eigenvalue weighted by atomic mass is 10.1. The van der Waals surface area contributed by atoms with Gasteiger partial charge in [0.1, 0.15) is 0 Å². The zero-order valence-electron chi connectivity index (χ0n) is 15.1. The molecule has 0 amide bonds. The topological polar surface area (TPSA) is 47.6 Å². The van der Waals surface area contributed by atoms with Crippen molar-refractivity contribution in [2.45, 2.75) is 33.0 Å². The lowest BCUT2D eigenvalue weighted by molar-refractivity contribution is 0.202. The molecule has 0 spiro atoms. The van der Waals surface area contributed by atoms with Crippen molar-refractivity contribution in [2.75, 3.05) is 18.5 Å². The monoisotopic (exact) mass is 381 g/mol. The molecule has 0 heterocycles. The molecule has 0 aliphatic carbocycles. The van der Waals surface area contributed by atoms with Gasteiger partial charge >= 0.3 is 7.60 Å². The summed E-state index contributed by atoms with van der Waals surface area (Å²) >= 11 is 6.02. The van der Waals surface area contributed by atoms with Crippen LogP contribution in [0.25, 0.3) is 0 Å². The Labute approximate surface area is 155 Å². The second-order valence-electron chi connectivity index (χ2n) is 5.90.